The number of rotatable bonds is 7. The lowest BCUT2D eigenvalue weighted by Gasteiger charge is -2.34. The van der Waals surface area contributed by atoms with Crippen molar-refractivity contribution in [1.29, 1.82) is 0 Å². The molecule has 0 spiro atoms. The predicted octanol–water partition coefficient (Wildman–Crippen LogP) is 2.87. The Balaban J connectivity index is 1.20. The summed E-state index contributed by atoms with van der Waals surface area (Å²) in [5, 5.41) is 7.82. The van der Waals surface area contributed by atoms with Gasteiger partial charge in [-0.2, -0.15) is 0 Å². The fourth-order valence-corrected chi connectivity index (χ4v) is 4.16. The van der Waals surface area contributed by atoms with Gasteiger partial charge in [0.2, 0.25) is 11.9 Å². The number of benzene rings is 1. The SMILES string of the molecule is COc1ccc(NC(=O)Nc2nc(CCC(=O)N3CCN(c4ncccn4)CC3)cs2)cc1. The summed E-state index contributed by atoms with van der Waals surface area (Å²) in [6.45, 7) is 2.71. The third-order valence-electron chi connectivity index (χ3n) is 5.18. The third-order valence-corrected chi connectivity index (χ3v) is 5.99. The van der Waals surface area contributed by atoms with Crippen molar-refractivity contribution in [1.82, 2.24) is 19.9 Å². The van der Waals surface area contributed by atoms with Gasteiger partial charge in [-0.25, -0.2) is 19.7 Å². The molecule has 3 heterocycles. The van der Waals surface area contributed by atoms with E-state index in [1.807, 2.05) is 10.3 Å². The van der Waals surface area contributed by atoms with Crippen molar-refractivity contribution in [2.75, 3.05) is 48.8 Å². The van der Waals surface area contributed by atoms with Crippen LogP contribution >= 0.6 is 11.3 Å². The Hall–Kier alpha value is -3.73. The van der Waals surface area contributed by atoms with Gasteiger partial charge in [0.05, 0.1) is 12.8 Å². The van der Waals surface area contributed by atoms with E-state index in [9.17, 15) is 9.59 Å². The highest BCUT2D eigenvalue weighted by atomic mass is 32.1. The average Bonchev–Trinajstić information content (AvgIpc) is 3.30. The highest BCUT2D eigenvalue weighted by Crippen LogP contribution is 2.19. The Morgan fingerprint density at radius 3 is 2.48 bits per heavy atom. The Morgan fingerprint density at radius 2 is 1.79 bits per heavy atom. The maximum Gasteiger partial charge on any atom is 0.325 e. The van der Waals surface area contributed by atoms with E-state index in [0.29, 0.717) is 61.5 Å². The number of methoxy groups -OCH3 is 1. The smallest absolute Gasteiger partial charge is 0.325 e. The van der Waals surface area contributed by atoms with E-state index in [1.54, 1.807) is 49.8 Å². The Morgan fingerprint density at radius 1 is 1.06 bits per heavy atom. The number of carbonyl (C=O) groups is 2. The second kappa shape index (κ2) is 10.7. The highest BCUT2D eigenvalue weighted by Gasteiger charge is 2.22. The summed E-state index contributed by atoms with van der Waals surface area (Å²) in [5.41, 5.74) is 1.43. The van der Waals surface area contributed by atoms with E-state index in [-0.39, 0.29) is 11.9 Å². The van der Waals surface area contributed by atoms with E-state index in [1.165, 1.54) is 11.3 Å². The number of amides is 3. The molecule has 1 aliphatic rings. The first kappa shape index (κ1) is 22.5. The van der Waals surface area contributed by atoms with E-state index in [2.05, 4.69) is 30.5 Å². The van der Waals surface area contributed by atoms with Crippen molar-refractivity contribution in [2.45, 2.75) is 12.8 Å². The van der Waals surface area contributed by atoms with Gasteiger partial charge in [0, 0.05) is 56.1 Å². The molecule has 1 aliphatic heterocycles. The molecular weight excluding hydrogens is 442 g/mol. The number of anilines is 3. The molecule has 1 aromatic carbocycles. The fraction of sp³-hybridized carbons (Fsp3) is 0.318. The number of urea groups is 1. The average molecular weight is 468 g/mol. The molecule has 0 aliphatic carbocycles. The van der Waals surface area contributed by atoms with Gasteiger partial charge in [-0.05, 0) is 36.8 Å². The molecule has 172 valence electrons. The molecule has 0 bridgehead atoms. The van der Waals surface area contributed by atoms with Crippen LogP contribution in [0, 0.1) is 0 Å². The van der Waals surface area contributed by atoms with Crippen LogP contribution in [0.25, 0.3) is 0 Å². The van der Waals surface area contributed by atoms with Crippen molar-refractivity contribution >= 4 is 40.0 Å². The van der Waals surface area contributed by atoms with Gasteiger partial charge in [-0.3, -0.25) is 10.1 Å². The summed E-state index contributed by atoms with van der Waals surface area (Å²) in [7, 11) is 1.59. The molecule has 3 amide bonds. The lowest BCUT2D eigenvalue weighted by atomic mass is 10.2. The minimum absolute atomic E-state index is 0.100. The molecule has 11 heteroatoms. The molecule has 0 atom stereocenters. The maximum absolute atomic E-state index is 12.6. The van der Waals surface area contributed by atoms with Crippen LogP contribution in [0.4, 0.5) is 21.6 Å². The first-order valence-corrected chi connectivity index (χ1v) is 11.4. The van der Waals surface area contributed by atoms with Crippen LogP contribution in [0.1, 0.15) is 12.1 Å². The van der Waals surface area contributed by atoms with Crippen molar-refractivity contribution < 1.29 is 14.3 Å². The number of thiazole rings is 1. The van der Waals surface area contributed by atoms with E-state index < -0.39 is 0 Å². The van der Waals surface area contributed by atoms with E-state index in [4.69, 9.17) is 4.74 Å². The number of piperazine rings is 1. The molecule has 2 N–H and O–H groups in total. The minimum atomic E-state index is -0.377. The monoisotopic (exact) mass is 467 g/mol. The summed E-state index contributed by atoms with van der Waals surface area (Å²) >= 11 is 1.33. The van der Waals surface area contributed by atoms with Crippen molar-refractivity contribution in [2.24, 2.45) is 0 Å². The quantitative estimate of drug-likeness (QED) is 0.549. The van der Waals surface area contributed by atoms with Crippen LogP contribution in [0.2, 0.25) is 0 Å². The van der Waals surface area contributed by atoms with Crippen molar-refractivity contribution in [3.63, 3.8) is 0 Å². The van der Waals surface area contributed by atoms with Gasteiger partial charge in [-0.1, -0.05) is 0 Å². The normalized spacial score (nSPS) is 13.5. The zero-order chi connectivity index (χ0) is 23.0. The Kier molecular flexibility index (Phi) is 7.30. The second-order valence-corrected chi connectivity index (χ2v) is 8.23. The summed E-state index contributed by atoms with van der Waals surface area (Å²) < 4.78 is 5.10. The number of nitrogens with one attached hydrogen (secondary N) is 2. The summed E-state index contributed by atoms with van der Waals surface area (Å²) in [6, 6.07) is 8.45. The van der Waals surface area contributed by atoms with Gasteiger partial charge in [0.15, 0.2) is 5.13 Å². The van der Waals surface area contributed by atoms with Crippen LogP contribution in [-0.4, -0.2) is 65.1 Å². The van der Waals surface area contributed by atoms with E-state index >= 15 is 0 Å². The maximum atomic E-state index is 12.6. The molecule has 33 heavy (non-hydrogen) atoms. The van der Waals surface area contributed by atoms with Crippen LogP contribution in [0.5, 0.6) is 5.75 Å². The molecule has 0 saturated carbocycles. The lowest BCUT2D eigenvalue weighted by Crippen LogP contribution is -2.49. The molecule has 0 radical (unpaired) electrons. The molecule has 1 fully saturated rings. The topological polar surface area (TPSA) is 113 Å². The van der Waals surface area contributed by atoms with Gasteiger partial charge in [0.1, 0.15) is 5.75 Å². The molecule has 0 unspecified atom stereocenters. The number of nitrogens with zero attached hydrogens (tertiary/aromatic N) is 5. The lowest BCUT2D eigenvalue weighted by molar-refractivity contribution is -0.131. The largest absolute Gasteiger partial charge is 0.497 e. The molecule has 4 rings (SSSR count). The molecule has 1 saturated heterocycles. The zero-order valence-electron chi connectivity index (χ0n) is 18.2. The summed E-state index contributed by atoms with van der Waals surface area (Å²) in [5.74, 6) is 1.51. The number of hydrogen-bond acceptors (Lipinski definition) is 8. The number of aryl methyl sites for hydroxylation is 1. The highest BCUT2D eigenvalue weighted by molar-refractivity contribution is 7.13. The fourth-order valence-electron chi connectivity index (χ4n) is 3.42. The zero-order valence-corrected chi connectivity index (χ0v) is 19.0. The van der Waals surface area contributed by atoms with Crippen LogP contribution in [-0.2, 0) is 11.2 Å². The second-order valence-electron chi connectivity index (χ2n) is 7.37. The number of hydrogen-bond donors (Lipinski definition) is 2. The van der Waals surface area contributed by atoms with Gasteiger partial charge in [-0.15, -0.1) is 11.3 Å². The number of carbonyl (C=O) groups excluding carboxylic acids is 2. The standard InChI is InChI=1S/C22H25N7O3S/c1-32-18-6-3-16(4-7-18)25-21(31)27-22-26-17(15-33-22)5-8-19(30)28-11-13-29(14-12-28)20-23-9-2-10-24-20/h2-4,6-7,9-10,15H,5,8,11-14H2,1H3,(H2,25,26,27,31). The van der Waals surface area contributed by atoms with Gasteiger partial charge >= 0.3 is 6.03 Å². The first-order valence-electron chi connectivity index (χ1n) is 10.6. The molecular formula is C22H25N7O3S. The van der Waals surface area contributed by atoms with Crippen molar-refractivity contribution in [3.05, 3.63) is 53.8 Å². The number of ether oxygens (including phenoxy) is 1. The third kappa shape index (κ3) is 6.16. The molecule has 2 aromatic heterocycles. The predicted molar refractivity (Wildman–Crippen MR) is 127 cm³/mol. The van der Waals surface area contributed by atoms with Gasteiger partial charge < -0.3 is 19.9 Å². The van der Waals surface area contributed by atoms with Crippen molar-refractivity contribution in [3.8, 4) is 5.75 Å². The van der Waals surface area contributed by atoms with Crippen LogP contribution in [0.3, 0.4) is 0 Å². The molecule has 10 nitrogen and oxygen atoms in total. The minimum Gasteiger partial charge on any atom is -0.497 e. The van der Waals surface area contributed by atoms with Crippen LogP contribution in [0.15, 0.2) is 48.1 Å². The van der Waals surface area contributed by atoms with Crippen LogP contribution < -0.4 is 20.3 Å². The molecule has 3 aromatic rings. The number of aromatic nitrogens is 3. The van der Waals surface area contributed by atoms with E-state index in [0.717, 1.165) is 5.69 Å². The van der Waals surface area contributed by atoms with Gasteiger partial charge in [0.25, 0.3) is 0 Å². The summed E-state index contributed by atoms with van der Waals surface area (Å²) in [6.07, 6.45) is 4.35. The Labute approximate surface area is 195 Å². The Bertz CT molecular complexity index is 1070. The first-order chi connectivity index (χ1) is 16.1. The summed E-state index contributed by atoms with van der Waals surface area (Å²) in [4.78, 5) is 41.7.